The number of methoxy groups -OCH3 is 1. The highest BCUT2D eigenvalue weighted by Crippen LogP contribution is 2.31. The maximum absolute atomic E-state index is 12.7. The van der Waals surface area contributed by atoms with Gasteiger partial charge in [-0.2, -0.15) is 0 Å². The van der Waals surface area contributed by atoms with Crippen molar-refractivity contribution in [3.8, 4) is 16.9 Å². The zero-order valence-electron chi connectivity index (χ0n) is 14.2. The summed E-state index contributed by atoms with van der Waals surface area (Å²) in [5.74, 6) is -0.297. The minimum atomic E-state index is -0.878. The van der Waals surface area contributed by atoms with Crippen LogP contribution in [0.4, 0.5) is 0 Å². The van der Waals surface area contributed by atoms with Gasteiger partial charge < -0.3 is 14.7 Å². The molecule has 1 atom stereocenters. The molecule has 0 bridgehead atoms. The molecule has 0 aliphatic carbocycles. The summed E-state index contributed by atoms with van der Waals surface area (Å²) >= 11 is 0. The number of aliphatic carboxylic acids is 1. The van der Waals surface area contributed by atoms with E-state index in [1.165, 1.54) is 6.20 Å². The molecule has 3 rings (SSSR count). The van der Waals surface area contributed by atoms with Crippen molar-refractivity contribution in [1.29, 1.82) is 0 Å². The smallest absolute Gasteiger partial charge is 0.311 e. The van der Waals surface area contributed by atoms with Gasteiger partial charge in [0.2, 0.25) is 0 Å². The normalized spacial score (nSPS) is 19.7. The van der Waals surface area contributed by atoms with Crippen LogP contribution in [-0.4, -0.2) is 47.1 Å². The lowest BCUT2D eigenvalue weighted by molar-refractivity contribution is -0.147. The van der Waals surface area contributed by atoms with Gasteiger partial charge in [-0.15, -0.1) is 0 Å². The molecule has 1 aliphatic heterocycles. The van der Waals surface area contributed by atoms with Gasteiger partial charge in [0.25, 0.3) is 5.91 Å². The Morgan fingerprint density at radius 2 is 1.92 bits per heavy atom. The second-order valence-electron chi connectivity index (χ2n) is 6.53. The van der Waals surface area contributed by atoms with E-state index in [4.69, 9.17) is 4.74 Å². The quantitative estimate of drug-likeness (QED) is 0.926. The number of nitrogens with zero attached hydrogens (tertiary/aromatic N) is 2. The zero-order valence-corrected chi connectivity index (χ0v) is 14.2. The van der Waals surface area contributed by atoms with Crippen LogP contribution in [0.1, 0.15) is 23.7 Å². The summed E-state index contributed by atoms with van der Waals surface area (Å²) in [6.45, 7) is 2.33. The third-order valence-electron chi connectivity index (χ3n) is 4.69. The van der Waals surface area contributed by atoms with E-state index < -0.39 is 11.4 Å². The average molecular weight is 340 g/mol. The van der Waals surface area contributed by atoms with Crippen LogP contribution in [0.15, 0.2) is 42.7 Å². The minimum Gasteiger partial charge on any atom is -0.497 e. The fourth-order valence-electron chi connectivity index (χ4n) is 2.99. The number of carboxylic acid groups (broad SMARTS) is 1. The third kappa shape index (κ3) is 3.33. The minimum absolute atomic E-state index is 0.187. The first-order valence-corrected chi connectivity index (χ1v) is 8.05. The van der Waals surface area contributed by atoms with E-state index >= 15 is 0 Å². The highest BCUT2D eigenvalue weighted by molar-refractivity contribution is 5.95. The molecule has 0 radical (unpaired) electrons. The maximum Gasteiger partial charge on any atom is 0.311 e. The average Bonchev–Trinajstić information content (AvgIpc) is 3.05. The van der Waals surface area contributed by atoms with Crippen molar-refractivity contribution >= 4 is 11.9 Å². The van der Waals surface area contributed by atoms with Gasteiger partial charge in [0.1, 0.15) is 5.75 Å². The van der Waals surface area contributed by atoms with Gasteiger partial charge in [0.05, 0.1) is 18.1 Å². The molecule has 1 fully saturated rings. The van der Waals surface area contributed by atoms with Crippen molar-refractivity contribution < 1.29 is 19.4 Å². The summed E-state index contributed by atoms with van der Waals surface area (Å²) in [5, 5.41) is 9.32. The summed E-state index contributed by atoms with van der Waals surface area (Å²) < 4.78 is 5.15. The Balaban J connectivity index is 1.81. The van der Waals surface area contributed by atoms with Crippen molar-refractivity contribution in [1.82, 2.24) is 9.88 Å². The Morgan fingerprint density at radius 1 is 1.20 bits per heavy atom. The second kappa shape index (κ2) is 6.55. The first-order valence-electron chi connectivity index (χ1n) is 8.05. The van der Waals surface area contributed by atoms with Crippen molar-refractivity contribution in [3.63, 3.8) is 0 Å². The monoisotopic (exact) mass is 340 g/mol. The number of likely N-dealkylation sites (tertiary alicyclic amines) is 1. The highest BCUT2D eigenvalue weighted by Gasteiger charge is 2.42. The number of ether oxygens (including phenoxy) is 1. The standard InChI is InChI=1S/C19H20N2O4/c1-19(18(23)24)7-8-21(12-19)17(22)15-9-14(10-20-11-15)13-3-5-16(25-2)6-4-13/h3-6,9-11H,7-8,12H2,1-2H3,(H,23,24)/t19-/m0/s1. The van der Waals surface area contributed by atoms with Crippen molar-refractivity contribution in [3.05, 3.63) is 48.3 Å². The summed E-state index contributed by atoms with van der Waals surface area (Å²) in [4.78, 5) is 29.8. The van der Waals surface area contributed by atoms with E-state index in [2.05, 4.69) is 4.98 Å². The van der Waals surface area contributed by atoms with E-state index in [1.807, 2.05) is 24.3 Å². The molecule has 1 N–H and O–H groups in total. The van der Waals surface area contributed by atoms with Crippen LogP contribution in [-0.2, 0) is 4.79 Å². The maximum atomic E-state index is 12.7. The van der Waals surface area contributed by atoms with E-state index in [9.17, 15) is 14.7 Å². The number of aromatic nitrogens is 1. The van der Waals surface area contributed by atoms with Crippen LogP contribution < -0.4 is 4.74 Å². The second-order valence-corrected chi connectivity index (χ2v) is 6.53. The predicted octanol–water partition coefficient (Wildman–Crippen LogP) is 2.69. The summed E-state index contributed by atoms with van der Waals surface area (Å²) in [7, 11) is 1.61. The number of pyridine rings is 1. The van der Waals surface area contributed by atoms with Crippen molar-refractivity contribution in [2.75, 3.05) is 20.2 Å². The zero-order chi connectivity index (χ0) is 18.0. The largest absolute Gasteiger partial charge is 0.497 e. The van der Waals surface area contributed by atoms with Crippen molar-refractivity contribution in [2.24, 2.45) is 5.41 Å². The molecule has 0 spiro atoms. The molecule has 2 aromatic rings. The van der Waals surface area contributed by atoms with Crippen LogP contribution in [0.5, 0.6) is 5.75 Å². The Bertz CT molecular complexity index is 803. The van der Waals surface area contributed by atoms with Gasteiger partial charge >= 0.3 is 5.97 Å². The first-order chi connectivity index (χ1) is 11.9. The Labute approximate surface area is 146 Å². The lowest BCUT2D eigenvalue weighted by Gasteiger charge is -2.20. The first kappa shape index (κ1) is 17.0. The lowest BCUT2D eigenvalue weighted by Crippen LogP contribution is -2.34. The third-order valence-corrected chi connectivity index (χ3v) is 4.69. The lowest BCUT2D eigenvalue weighted by atomic mass is 9.90. The fraction of sp³-hybridized carbons (Fsp3) is 0.316. The van der Waals surface area contributed by atoms with E-state index in [1.54, 1.807) is 31.2 Å². The van der Waals surface area contributed by atoms with Crippen LogP contribution >= 0.6 is 0 Å². The molecule has 25 heavy (non-hydrogen) atoms. The van der Waals surface area contributed by atoms with E-state index in [0.29, 0.717) is 18.5 Å². The van der Waals surface area contributed by atoms with E-state index in [0.717, 1.165) is 16.9 Å². The number of carbonyl (C=O) groups is 2. The Kier molecular flexibility index (Phi) is 4.44. The number of rotatable bonds is 4. The Morgan fingerprint density at radius 3 is 2.52 bits per heavy atom. The number of amides is 1. The summed E-state index contributed by atoms with van der Waals surface area (Å²) in [6.07, 6.45) is 3.68. The molecular formula is C19H20N2O4. The number of hydrogen-bond donors (Lipinski definition) is 1. The molecule has 1 aliphatic rings. The molecule has 1 aromatic heterocycles. The van der Waals surface area contributed by atoms with Gasteiger partial charge in [-0.3, -0.25) is 14.6 Å². The predicted molar refractivity (Wildman–Crippen MR) is 92.5 cm³/mol. The van der Waals surface area contributed by atoms with Crippen molar-refractivity contribution in [2.45, 2.75) is 13.3 Å². The summed E-state index contributed by atoms with van der Waals surface area (Å²) in [5.41, 5.74) is 1.34. The van der Waals surface area contributed by atoms with Gasteiger partial charge in [-0.05, 0) is 37.1 Å². The summed E-state index contributed by atoms with van der Waals surface area (Å²) in [6, 6.07) is 9.29. The molecule has 1 saturated heterocycles. The molecule has 0 unspecified atom stereocenters. The molecule has 0 saturated carbocycles. The molecule has 1 amide bonds. The number of carboxylic acids is 1. The van der Waals surface area contributed by atoms with Crippen LogP contribution in [0, 0.1) is 5.41 Å². The van der Waals surface area contributed by atoms with Gasteiger partial charge in [0.15, 0.2) is 0 Å². The number of hydrogen-bond acceptors (Lipinski definition) is 4. The van der Waals surface area contributed by atoms with Gasteiger partial charge in [-0.25, -0.2) is 0 Å². The topological polar surface area (TPSA) is 79.7 Å². The van der Waals surface area contributed by atoms with Gasteiger partial charge in [-0.1, -0.05) is 12.1 Å². The van der Waals surface area contributed by atoms with E-state index in [-0.39, 0.29) is 12.5 Å². The van der Waals surface area contributed by atoms with Crippen LogP contribution in [0.2, 0.25) is 0 Å². The molecule has 6 nitrogen and oxygen atoms in total. The number of benzene rings is 1. The molecule has 1 aromatic carbocycles. The highest BCUT2D eigenvalue weighted by atomic mass is 16.5. The fourth-order valence-corrected chi connectivity index (χ4v) is 2.99. The Hall–Kier alpha value is -2.89. The molecular weight excluding hydrogens is 320 g/mol. The van der Waals surface area contributed by atoms with Gasteiger partial charge in [0, 0.05) is 31.0 Å². The SMILES string of the molecule is COc1ccc(-c2cncc(C(=O)N3CC[C@](C)(C(=O)O)C3)c2)cc1. The van der Waals surface area contributed by atoms with Crippen LogP contribution in [0.25, 0.3) is 11.1 Å². The van der Waals surface area contributed by atoms with Crippen LogP contribution in [0.3, 0.4) is 0 Å². The molecule has 2 heterocycles. The molecule has 6 heteroatoms. The number of carbonyl (C=O) groups excluding carboxylic acids is 1. The molecule has 130 valence electrons.